The van der Waals surface area contributed by atoms with Crippen molar-refractivity contribution in [1.82, 2.24) is 14.8 Å². The predicted octanol–water partition coefficient (Wildman–Crippen LogP) is 4.79. The van der Waals surface area contributed by atoms with Gasteiger partial charge in [0, 0.05) is 12.3 Å². The highest BCUT2D eigenvalue weighted by Crippen LogP contribution is 2.28. The Hall–Kier alpha value is -1.85. The lowest BCUT2D eigenvalue weighted by molar-refractivity contribution is 0.732. The van der Waals surface area contributed by atoms with Crippen molar-refractivity contribution in [1.29, 1.82) is 0 Å². The van der Waals surface area contributed by atoms with Crippen molar-refractivity contribution in [3.05, 3.63) is 65.6 Å². The number of thiophene rings is 1. The van der Waals surface area contributed by atoms with Gasteiger partial charge in [-0.25, -0.2) is 0 Å². The number of nitrogens with zero attached hydrogens (tertiary/aromatic N) is 3. The number of aryl methyl sites for hydroxylation is 1. The van der Waals surface area contributed by atoms with Crippen molar-refractivity contribution < 1.29 is 0 Å². The zero-order chi connectivity index (χ0) is 15.4. The Morgan fingerprint density at radius 2 is 2.18 bits per heavy atom. The maximum atomic E-state index is 4.36. The van der Waals surface area contributed by atoms with Crippen LogP contribution in [0.4, 0.5) is 0 Å². The van der Waals surface area contributed by atoms with Crippen LogP contribution >= 0.6 is 23.1 Å². The molecule has 0 fully saturated rings. The first kappa shape index (κ1) is 15.1. The SMILES string of the molecule is C=CCn1c(SCc2cccc(C)c2)nnc1-c1cccs1. The third-order valence-electron chi connectivity index (χ3n) is 3.22. The summed E-state index contributed by atoms with van der Waals surface area (Å²) in [6.45, 7) is 6.68. The van der Waals surface area contributed by atoms with E-state index in [1.165, 1.54) is 11.1 Å². The molecule has 0 amide bonds. The van der Waals surface area contributed by atoms with Crippen LogP contribution in [-0.2, 0) is 12.3 Å². The number of hydrogen-bond acceptors (Lipinski definition) is 4. The molecule has 0 radical (unpaired) electrons. The van der Waals surface area contributed by atoms with Crippen LogP contribution in [0.5, 0.6) is 0 Å². The summed E-state index contributed by atoms with van der Waals surface area (Å²) in [5, 5.41) is 11.7. The molecule has 3 rings (SSSR count). The monoisotopic (exact) mass is 327 g/mol. The molecule has 22 heavy (non-hydrogen) atoms. The average molecular weight is 327 g/mol. The van der Waals surface area contributed by atoms with Crippen molar-refractivity contribution >= 4 is 23.1 Å². The Morgan fingerprint density at radius 3 is 2.91 bits per heavy atom. The summed E-state index contributed by atoms with van der Waals surface area (Å²) >= 11 is 3.39. The standard InChI is InChI=1S/C17H17N3S2/c1-3-9-20-16(15-8-5-10-21-15)18-19-17(20)22-12-14-7-4-6-13(2)11-14/h3-8,10-11H,1,9,12H2,2H3. The van der Waals surface area contributed by atoms with Crippen LogP contribution in [0.25, 0.3) is 10.7 Å². The van der Waals surface area contributed by atoms with Crippen molar-refractivity contribution in [3.8, 4) is 10.7 Å². The van der Waals surface area contributed by atoms with Gasteiger partial charge in [0.1, 0.15) is 0 Å². The second-order valence-corrected chi connectivity index (χ2v) is 6.85. The Morgan fingerprint density at radius 1 is 1.27 bits per heavy atom. The van der Waals surface area contributed by atoms with E-state index in [0.717, 1.165) is 28.2 Å². The summed E-state index contributed by atoms with van der Waals surface area (Å²) in [4.78, 5) is 1.14. The van der Waals surface area contributed by atoms with E-state index in [2.05, 4.69) is 64.0 Å². The molecule has 0 saturated heterocycles. The Labute approximate surface area is 138 Å². The fraction of sp³-hybridized carbons (Fsp3) is 0.176. The minimum Gasteiger partial charge on any atom is -0.297 e. The maximum absolute atomic E-state index is 4.36. The van der Waals surface area contributed by atoms with Gasteiger partial charge < -0.3 is 0 Å². The zero-order valence-electron chi connectivity index (χ0n) is 12.4. The summed E-state index contributed by atoms with van der Waals surface area (Å²) in [5.74, 6) is 1.81. The molecule has 1 aromatic carbocycles. The molecule has 5 heteroatoms. The lowest BCUT2D eigenvalue weighted by atomic mass is 10.2. The summed E-state index contributed by atoms with van der Waals surface area (Å²) in [6, 6.07) is 12.7. The van der Waals surface area contributed by atoms with Crippen molar-refractivity contribution in [2.75, 3.05) is 0 Å². The number of benzene rings is 1. The molecule has 3 aromatic rings. The summed E-state index contributed by atoms with van der Waals surface area (Å²) in [5.41, 5.74) is 2.58. The second-order valence-electron chi connectivity index (χ2n) is 4.96. The minimum absolute atomic E-state index is 0.719. The van der Waals surface area contributed by atoms with Gasteiger partial charge in [0.25, 0.3) is 0 Å². The smallest absolute Gasteiger partial charge is 0.192 e. The quantitative estimate of drug-likeness (QED) is 0.481. The van der Waals surface area contributed by atoms with E-state index in [4.69, 9.17) is 0 Å². The summed E-state index contributed by atoms with van der Waals surface area (Å²) in [7, 11) is 0. The van der Waals surface area contributed by atoms with Gasteiger partial charge in [0.15, 0.2) is 11.0 Å². The van der Waals surface area contributed by atoms with Crippen molar-refractivity contribution in [2.45, 2.75) is 24.4 Å². The molecule has 0 bridgehead atoms. The van der Waals surface area contributed by atoms with Gasteiger partial charge in [0.05, 0.1) is 4.88 Å². The zero-order valence-corrected chi connectivity index (χ0v) is 14.0. The second kappa shape index (κ2) is 6.94. The van der Waals surface area contributed by atoms with E-state index in [9.17, 15) is 0 Å². The molecule has 2 heterocycles. The molecule has 0 N–H and O–H groups in total. The Balaban J connectivity index is 1.83. The fourth-order valence-electron chi connectivity index (χ4n) is 2.23. The largest absolute Gasteiger partial charge is 0.297 e. The molecule has 0 aliphatic carbocycles. The minimum atomic E-state index is 0.719. The number of allylic oxidation sites excluding steroid dienone is 1. The Bertz CT molecular complexity index is 760. The molecule has 3 nitrogen and oxygen atoms in total. The van der Waals surface area contributed by atoms with Crippen LogP contribution in [-0.4, -0.2) is 14.8 Å². The lowest BCUT2D eigenvalue weighted by Gasteiger charge is -2.07. The lowest BCUT2D eigenvalue weighted by Crippen LogP contribution is -1.99. The highest BCUT2D eigenvalue weighted by Gasteiger charge is 2.14. The highest BCUT2D eigenvalue weighted by molar-refractivity contribution is 7.98. The van der Waals surface area contributed by atoms with Crippen LogP contribution in [0.3, 0.4) is 0 Å². The van der Waals surface area contributed by atoms with E-state index < -0.39 is 0 Å². The molecule has 0 saturated carbocycles. The van der Waals surface area contributed by atoms with E-state index >= 15 is 0 Å². The fourth-order valence-corrected chi connectivity index (χ4v) is 3.84. The molecule has 0 aliphatic heterocycles. The molecule has 112 valence electrons. The molecule has 2 aromatic heterocycles. The highest BCUT2D eigenvalue weighted by atomic mass is 32.2. The average Bonchev–Trinajstić information content (AvgIpc) is 3.15. The van der Waals surface area contributed by atoms with Crippen molar-refractivity contribution in [2.24, 2.45) is 0 Å². The van der Waals surface area contributed by atoms with Gasteiger partial charge >= 0.3 is 0 Å². The number of rotatable bonds is 6. The van der Waals surface area contributed by atoms with E-state index in [0.29, 0.717) is 0 Å². The summed E-state index contributed by atoms with van der Waals surface area (Å²) in [6.07, 6.45) is 1.89. The van der Waals surface area contributed by atoms with E-state index in [1.54, 1.807) is 23.1 Å². The number of thioether (sulfide) groups is 1. The van der Waals surface area contributed by atoms with Crippen LogP contribution in [0.2, 0.25) is 0 Å². The van der Waals surface area contributed by atoms with Gasteiger partial charge in [-0.3, -0.25) is 4.57 Å². The number of aromatic nitrogens is 3. The van der Waals surface area contributed by atoms with Gasteiger partial charge in [-0.1, -0.05) is 53.7 Å². The van der Waals surface area contributed by atoms with Crippen LogP contribution in [0, 0.1) is 6.92 Å². The molecule has 0 aliphatic rings. The first-order chi connectivity index (χ1) is 10.8. The molecule has 0 spiro atoms. The van der Waals surface area contributed by atoms with Crippen LogP contribution in [0.15, 0.2) is 59.6 Å². The molecular formula is C17H17N3S2. The number of hydrogen-bond donors (Lipinski definition) is 0. The van der Waals surface area contributed by atoms with Crippen LogP contribution in [0.1, 0.15) is 11.1 Å². The predicted molar refractivity (Wildman–Crippen MR) is 94.3 cm³/mol. The van der Waals surface area contributed by atoms with Gasteiger partial charge in [0.2, 0.25) is 0 Å². The first-order valence-corrected chi connectivity index (χ1v) is 8.91. The van der Waals surface area contributed by atoms with Gasteiger partial charge in [-0.15, -0.1) is 28.1 Å². The first-order valence-electron chi connectivity index (χ1n) is 7.04. The maximum Gasteiger partial charge on any atom is 0.192 e. The third-order valence-corrected chi connectivity index (χ3v) is 5.12. The third kappa shape index (κ3) is 3.31. The van der Waals surface area contributed by atoms with Gasteiger partial charge in [-0.05, 0) is 23.9 Å². The molecule has 0 atom stereocenters. The normalized spacial score (nSPS) is 10.8. The molecular weight excluding hydrogens is 310 g/mol. The van der Waals surface area contributed by atoms with E-state index in [1.807, 2.05) is 12.1 Å². The Kier molecular flexibility index (Phi) is 4.75. The van der Waals surface area contributed by atoms with Crippen LogP contribution < -0.4 is 0 Å². The van der Waals surface area contributed by atoms with E-state index in [-0.39, 0.29) is 0 Å². The van der Waals surface area contributed by atoms with Crippen molar-refractivity contribution in [3.63, 3.8) is 0 Å². The topological polar surface area (TPSA) is 30.7 Å². The summed E-state index contributed by atoms with van der Waals surface area (Å²) < 4.78 is 2.12. The molecule has 0 unspecified atom stereocenters. The van der Waals surface area contributed by atoms with Gasteiger partial charge in [-0.2, -0.15) is 0 Å².